The van der Waals surface area contributed by atoms with Gasteiger partial charge in [0.2, 0.25) is 0 Å². The average molecular weight is 283 g/mol. The molecule has 2 unspecified atom stereocenters. The Kier molecular flexibility index (Phi) is 5.79. The standard InChI is InChI=1S/C17H33NO2/c1-12(2)13(9-10-18)7-8-15(19)14-11-16(3,4)20-17(14,5)6/h12-14H,7-11,18H2,1-6H3. The highest BCUT2D eigenvalue weighted by molar-refractivity contribution is 5.82. The van der Waals surface area contributed by atoms with Gasteiger partial charge >= 0.3 is 0 Å². The van der Waals surface area contributed by atoms with Crippen LogP contribution < -0.4 is 5.73 Å². The Morgan fingerprint density at radius 1 is 1.25 bits per heavy atom. The molecular weight excluding hydrogens is 250 g/mol. The van der Waals surface area contributed by atoms with Crippen LogP contribution in [0.5, 0.6) is 0 Å². The Bertz CT molecular complexity index is 334. The number of ketones is 1. The van der Waals surface area contributed by atoms with Gasteiger partial charge in [0, 0.05) is 12.3 Å². The number of hydrogen-bond acceptors (Lipinski definition) is 3. The van der Waals surface area contributed by atoms with Gasteiger partial charge in [-0.1, -0.05) is 13.8 Å². The second-order valence-electron chi connectivity index (χ2n) is 7.81. The predicted molar refractivity (Wildman–Crippen MR) is 83.6 cm³/mol. The van der Waals surface area contributed by atoms with Gasteiger partial charge in [-0.3, -0.25) is 4.79 Å². The lowest BCUT2D eigenvalue weighted by atomic mass is 9.80. The molecule has 0 radical (unpaired) electrons. The molecule has 2 N–H and O–H groups in total. The van der Waals surface area contributed by atoms with Crippen LogP contribution in [-0.2, 0) is 9.53 Å². The van der Waals surface area contributed by atoms with Crippen molar-refractivity contribution in [2.75, 3.05) is 6.54 Å². The molecule has 20 heavy (non-hydrogen) atoms. The summed E-state index contributed by atoms with van der Waals surface area (Å²) in [6.07, 6.45) is 3.47. The van der Waals surface area contributed by atoms with E-state index in [0.29, 0.717) is 30.6 Å². The third kappa shape index (κ3) is 4.56. The highest BCUT2D eigenvalue weighted by Gasteiger charge is 2.48. The van der Waals surface area contributed by atoms with Crippen LogP contribution in [0.3, 0.4) is 0 Å². The van der Waals surface area contributed by atoms with E-state index in [1.165, 1.54) is 0 Å². The largest absolute Gasteiger partial charge is 0.369 e. The molecule has 1 saturated heterocycles. The Hall–Kier alpha value is -0.410. The van der Waals surface area contributed by atoms with Crippen molar-refractivity contribution in [1.29, 1.82) is 0 Å². The molecule has 3 heteroatoms. The number of carbonyl (C=O) groups excluding carboxylic acids is 1. The van der Waals surface area contributed by atoms with Gasteiger partial charge in [0.05, 0.1) is 11.2 Å². The number of carbonyl (C=O) groups is 1. The van der Waals surface area contributed by atoms with Crippen LogP contribution in [-0.4, -0.2) is 23.5 Å². The third-order valence-corrected chi connectivity index (χ3v) is 4.70. The van der Waals surface area contributed by atoms with Gasteiger partial charge in [-0.25, -0.2) is 0 Å². The van der Waals surface area contributed by atoms with Crippen molar-refractivity contribution < 1.29 is 9.53 Å². The highest BCUT2D eigenvalue weighted by atomic mass is 16.5. The smallest absolute Gasteiger partial charge is 0.138 e. The molecule has 1 heterocycles. The summed E-state index contributed by atoms with van der Waals surface area (Å²) in [5.41, 5.74) is 5.16. The summed E-state index contributed by atoms with van der Waals surface area (Å²) >= 11 is 0. The minimum atomic E-state index is -0.332. The van der Waals surface area contributed by atoms with Gasteiger partial charge in [0.25, 0.3) is 0 Å². The fraction of sp³-hybridized carbons (Fsp3) is 0.941. The summed E-state index contributed by atoms with van der Waals surface area (Å²) < 4.78 is 6.03. The van der Waals surface area contributed by atoms with Crippen molar-refractivity contribution in [3.05, 3.63) is 0 Å². The monoisotopic (exact) mass is 283 g/mol. The first-order valence-corrected chi connectivity index (χ1v) is 8.02. The molecule has 118 valence electrons. The maximum absolute atomic E-state index is 12.6. The Morgan fingerprint density at radius 2 is 1.85 bits per heavy atom. The van der Waals surface area contributed by atoms with Crippen LogP contribution in [0.1, 0.15) is 67.2 Å². The van der Waals surface area contributed by atoms with E-state index >= 15 is 0 Å². The van der Waals surface area contributed by atoms with Gasteiger partial charge in [-0.05, 0) is 65.3 Å². The van der Waals surface area contributed by atoms with Crippen LogP contribution in [0.2, 0.25) is 0 Å². The molecule has 3 nitrogen and oxygen atoms in total. The normalized spacial score (nSPS) is 25.9. The summed E-state index contributed by atoms with van der Waals surface area (Å²) in [6, 6.07) is 0. The lowest BCUT2D eigenvalue weighted by molar-refractivity contribution is -0.129. The van der Waals surface area contributed by atoms with Crippen molar-refractivity contribution in [1.82, 2.24) is 0 Å². The third-order valence-electron chi connectivity index (χ3n) is 4.70. The number of nitrogens with two attached hydrogens (primary N) is 1. The first-order chi connectivity index (χ1) is 9.09. The summed E-state index contributed by atoms with van der Waals surface area (Å²) in [5, 5.41) is 0. The van der Waals surface area contributed by atoms with E-state index in [-0.39, 0.29) is 17.1 Å². The summed E-state index contributed by atoms with van der Waals surface area (Å²) in [6.45, 7) is 13.4. The van der Waals surface area contributed by atoms with Crippen LogP contribution in [0.4, 0.5) is 0 Å². The topological polar surface area (TPSA) is 52.3 Å². The minimum Gasteiger partial charge on any atom is -0.369 e. The fourth-order valence-corrected chi connectivity index (χ4v) is 3.59. The van der Waals surface area contributed by atoms with Crippen molar-refractivity contribution >= 4 is 5.78 Å². The van der Waals surface area contributed by atoms with E-state index in [2.05, 4.69) is 27.7 Å². The van der Waals surface area contributed by atoms with E-state index in [1.54, 1.807) is 0 Å². The number of rotatable bonds is 7. The zero-order valence-corrected chi connectivity index (χ0v) is 14.2. The molecule has 1 fully saturated rings. The van der Waals surface area contributed by atoms with Crippen LogP contribution in [0.15, 0.2) is 0 Å². The van der Waals surface area contributed by atoms with Crippen molar-refractivity contribution in [2.45, 2.75) is 78.4 Å². The molecule has 0 bridgehead atoms. The van der Waals surface area contributed by atoms with E-state index in [4.69, 9.17) is 10.5 Å². The Labute approximate surface area is 124 Å². The molecule has 0 aromatic carbocycles. The zero-order valence-electron chi connectivity index (χ0n) is 14.2. The number of hydrogen-bond donors (Lipinski definition) is 1. The summed E-state index contributed by atoms with van der Waals surface area (Å²) in [4.78, 5) is 12.6. The zero-order chi connectivity index (χ0) is 15.6. The van der Waals surface area contributed by atoms with Gasteiger partial charge in [0.15, 0.2) is 0 Å². The van der Waals surface area contributed by atoms with Crippen molar-refractivity contribution in [2.24, 2.45) is 23.5 Å². The SMILES string of the molecule is CC(C)C(CCN)CCC(=O)C1CC(C)(C)OC1(C)C. The second-order valence-corrected chi connectivity index (χ2v) is 7.81. The quantitative estimate of drug-likeness (QED) is 0.777. The second kappa shape index (κ2) is 6.57. The molecule has 0 aromatic rings. The van der Waals surface area contributed by atoms with Crippen molar-refractivity contribution in [3.63, 3.8) is 0 Å². The van der Waals surface area contributed by atoms with Crippen LogP contribution >= 0.6 is 0 Å². The number of ether oxygens (including phenoxy) is 1. The maximum atomic E-state index is 12.6. The molecule has 0 amide bonds. The number of Topliss-reactive ketones (excluding diaryl/α,β-unsaturated/α-hetero) is 1. The maximum Gasteiger partial charge on any atom is 0.138 e. The summed E-state index contributed by atoms with van der Waals surface area (Å²) in [7, 11) is 0. The Balaban J connectivity index is 2.58. The average Bonchev–Trinajstić information content (AvgIpc) is 2.51. The van der Waals surface area contributed by atoms with E-state index in [0.717, 1.165) is 19.3 Å². The lowest BCUT2D eigenvalue weighted by Gasteiger charge is -2.27. The molecule has 0 spiro atoms. The van der Waals surface area contributed by atoms with E-state index in [9.17, 15) is 4.79 Å². The summed E-state index contributed by atoms with van der Waals surface area (Å²) in [5.74, 6) is 1.55. The highest BCUT2D eigenvalue weighted by Crippen LogP contribution is 2.43. The molecule has 0 saturated carbocycles. The van der Waals surface area contributed by atoms with Crippen LogP contribution in [0.25, 0.3) is 0 Å². The van der Waals surface area contributed by atoms with Crippen molar-refractivity contribution in [3.8, 4) is 0 Å². The van der Waals surface area contributed by atoms with Gasteiger partial charge in [-0.15, -0.1) is 0 Å². The predicted octanol–water partition coefficient (Wildman–Crippen LogP) is 3.55. The molecular formula is C17H33NO2. The molecule has 1 aliphatic rings. The first kappa shape index (κ1) is 17.6. The fourth-order valence-electron chi connectivity index (χ4n) is 3.59. The molecule has 0 aromatic heterocycles. The Morgan fingerprint density at radius 3 is 2.25 bits per heavy atom. The molecule has 0 aliphatic carbocycles. The van der Waals surface area contributed by atoms with Gasteiger partial charge < -0.3 is 10.5 Å². The lowest BCUT2D eigenvalue weighted by Crippen LogP contribution is -2.34. The van der Waals surface area contributed by atoms with Crippen LogP contribution in [0, 0.1) is 17.8 Å². The van der Waals surface area contributed by atoms with E-state index < -0.39 is 0 Å². The van der Waals surface area contributed by atoms with Gasteiger partial charge in [0.1, 0.15) is 5.78 Å². The first-order valence-electron chi connectivity index (χ1n) is 8.02. The van der Waals surface area contributed by atoms with Gasteiger partial charge in [-0.2, -0.15) is 0 Å². The molecule has 1 aliphatic heterocycles. The molecule has 1 rings (SSSR count). The molecule has 2 atom stereocenters. The van der Waals surface area contributed by atoms with E-state index in [1.807, 2.05) is 13.8 Å². The minimum absolute atomic E-state index is 0.0307.